The van der Waals surface area contributed by atoms with Crippen molar-refractivity contribution in [3.8, 4) is 23.3 Å². The second kappa shape index (κ2) is 10.5. The number of para-hydroxylation sites is 2. The molecule has 0 atom stereocenters. The fourth-order valence-electron chi connectivity index (χ4n) is 3.47. The van der Waals surface area contributed by atoms with Gasteiger partial charge in [0.1, 0.15) is 11.9 Å². The molecule has 0 aliphatic carbocycles. The first-order chi connectivity index (χ1) is 17.6. The van der Waals surface area contributed by atoms with E-state index in [9.17, 15) is 28.5 Å². The molecule has 1 heterocycles. The molecule has 0 bridgehead atoms. The maximum atomic E-state index is 13.1. The van der Waals surface area contributed by atoms with Crippen LogP contribution < -0.4 is 9.47 Å². The fourth-order valence-corrected chi connectivity index (χ4v) is 4.20. The lowest BCUT2D eigenvalue weighted by atomic mass is 10.1. The van der Waals surface area contributed by atoms with Gasteiger partial charge in [-0.1, -0.05) is 12.1 Å². The van der Waals surface area contributed by atoms with E-state index in [0.29, 0.717) is 32.6 Å². The summed E-state index contributed by atoms with van der Waals surface area (Å²) in [5.74, 6) is 0.277. The second-order valence-corrected chi connectivity index (χ2v) is 8.74. The Hall–Kier alpha value is -4.12. The van der Waals surface area contributed by atoms with E-state index < -0.39 is 22.4 Å². The lowest BCUT2D eigenvalue weighted by Crippen LogP contribution is -2.06. The van der Waals surface area contributed by atoms with Crippen molar-refractivity contribution in [2.75, 3.05) is 6.61 Å². The molecule has 0 spiro atoms. The molecule has 3 aromatic carbocycles. The summed E-state index contributed by atoms with van der Waals surface area (Å²) >= 11 is 1.92. The van der Waals surface area contributed by atoms with Gasteiger partial charge in [-0.15, -0.1) is 0 Å². The molecule has 4 rings (SSSR count). The molecular weight excluding hydrogens is 604 g/mol. The maximum absolute atomic E-state index is 13.1. The van der Waals surface area contributed by atoms with Crippen molar-refractivity contribution in [3.63, 3.8) is 0 Å². The molecule has 0 fully saturated rings. The minimum atomic E-state index is -4.75. The number of hydrogen-bond acceptors (Lipinski definition) is 6. The van der Waals surface area contributed by atoms with Crippen molar-refractivity contribution in [1.82, 2.24) is 9.97 Å². The molecule has 0 radical (unpaired) electrons. The number of aromatic nitrogens is 2. The van der Waals surface area contributed by atoms with Gasteiger partial charge in [-0.05, 0) is 77.6 Å². The highest BCUT2D eigenvalue weighted by Crippen LogP contribution is 2.42. The zero-order valence-corrected chi connectivity index (χ0v) is 21.1. The van der Waals surface area contributed by atoms with Crippen molar-refractivity contribution in [2.45, 2.75) is 13.1 Å². The van der Waals surface area contributed by atoms with Crippen LogP contribution in [0.4, 0.5) is 18.9 Å². The number of halogens is 4. The number of ether oxygens (including phenoxy) is 2. The van der Waals surface area contributed by atoms with Crippen LogP contribution in [0.25, 0.3) is 22.7 Å². The smallest absolute Gasteiger partial charge is 0.416 e. The third-order valence-corrected chi connectivity index (χ3v) is 5.90. The monoisotopic (exact) mass is 620 g/mol. The predicted octanol–water partition coefficient (Wildman–Crippen LogP) is 7.35. The minimum Gasteiger partial charge on any atom is -0.490 e. The second-order valence-electron chi connectivity index (χ2n) is 7.57. The SMILES string of the molecule is CCOc1cc(/C=C(\C#N)c2nc3ccccc3[nH]2)cc(I)c1Oc1ccc(C(F)(F)F)cc1[N+](=O)[O-]. The zero-order valence-electron chi connectivity index (χ0n) is 19.0. The Balaban J connectivity index is 1.75. The summed E-state index contributed by atoms with van der Waals surface area (Å²) in [5.41, 5.74) is 0.269. The number of hydrogen-bond donors (Lipinski definition) is 1. The highest BCUT2D eigenvalue weighted by atomic mass is 127. The number of nitro groups is 1. The van der Waals surface area contributed by atoms with Crippen LogP contribution in [0.3, 0.4) is 0 Å². The van der Waals surface area contributed by atoms with Crippen LogP contribution in [0, 0.1) is 25.0 Å². The molecule has 0 saturated carbocycles. The Morgan fingerprint density at radius 1 is 1.22 bits per heavy atom. The number of imidazole rings is 1. The first kappa shape index (κ1) is 26.0. The summed E-state index contributed by atoms with van der Waals surface area (Å²) in [7, 11) is 0. The Morgan fingerprint density at radius 3 is 2.62 bits per heavy atom. The Kier molecular flexibility index (Phi) is 7.35. The summed E-state index contributed by atoms with van der Waals surface area (Å²) in [4.78, 5) is 18.1. The van der Waals surface area contributed by atoms with Crippen LogP contribution in [-0.2, 0) is 6.18 Å². The van der Waals surface area contributed by atoms with Gasteiger partial charge in [-0.2, -0.15) is 18.4 Å². The Bertz CT molecular complexity index is 1540. The van der Waals surface area contributed by atoms with Crippen molar-refractivity contribution >= 4 is 51.0 Å². The summed E-state index contributed by atoms with van der Waals surface area (Å²) in [5, 5.41) is 21.2. The summed E-state index contributed by atoms with van der Waals surface area (Å²) in [6.45, 7) is 1.93. The lowest BCUT2D eigenvalue weighted by Gasteiger charge is -2.15. The van der Waals surface area contributed by atoms with Gasteiger partial charge in [0.05, 0.1) is 37.3 Å². The number of allylic oxidation sites excluding steroid dienone is 1. The first-order valence-corrected chi connectivity index (χ1v) is 11.7. The van der Waals surface area contributed by atoms with Gasteiger partial charge in [-0.25, -0.2) is 4.98 Å². The van der Waals surface area contributed by atoms with Crippen LogP contribution in [0.2, 0.25) is 0 Å². The van der Waals surface area contributed by atoms with Gasteiger partial charge in [0, 0.05) is 6.07 Å². The molecule has 0 aliphatic rings. The molecule has 37 heavy (non-hydrogen) atoms. The normalized spacial score (nSPS) is 11.8. The first-order valence-electron chi connectivity index (χ1n) is 10.7. The van der Waals surface area contributed by atoms with Crippen molar-refractivity contribution in [3.05, 3.63) is 85.2 Å². The number of nitrogens with one attached hydrogen (secondary N) is 1. The summed E-state index contributed by atoms with van der Waals surface area (Å²) in [6.07, 6.45) is -3.16. The molecule has 0 saturated heterocycles. The van der Waals surface area contributed by atoms with Gasteiger partial charge in [-0.3, -0.25) is 10.1 Å². The third-order valence-electron chi connectivity index (χ3n) is 5.10. The third kappa shape index (κ3) is 5.67. The zero-order chi connectivity index (χ0) is 26.7. The summed E-state index contributed by atoms with van der Waals surface area (Å²) < 4.78 is 51.0. The molecule has 0 unspecified atom stereocenters. The van der Waals surface area contributed by atoms with E-state index in [1.54, 1.807) is 25.1 Å². The molecule has 12 heteroatoms. The van der Waals surface area contributed by atoms with Crippen molar-refractivity contribution in [2.24, 2.45) is 0 Å². The largest absolute Gasteiger partial charge is 0.490 e. The van der Waals surface area contributed by atoms with Gasteiger partial charge < -0.3 is 14.5 Å². The molecular formula is C25H16F3IN4O4. The van der Waals surface area contributed by atoms with E-state index >= 15 is 0 Å². The van der Waals surface area contributed by atoms with E-state index in [1.165, 1.54) is 0 Å². The number of nitriles is 1. The van der Waals surface area contributed by atoms with E-state index in [4.69, 9.17) is 9.47 Å². The maximum Gasteiger partial charge on any atom is 0.416 e. The number of aromatic amines is 1. The average Bonchev–Trinajstić information content (AvgIpc) is 3.28. The fraction of sp³-hybridized carbons (Fsp3) is 0.120. The quantitative estimate of drug-likeness (QED) is 0.100. The van der Waals surface area contributed by atoms with Gasteiger partial charge >= 0.3 is 11.9 Å². The average molecular weight is 620 g/mol. The van der Waals surface area contributed by atoms with Gasteiger partial charge in [0.25, 0.3) is 0 Å². The van der Waals surface area contributed by atoms with E-state index in [2.05, 4.69) is 16.0 Å². The van der Waals surface area contributed by atoms with E-state index in [0.717, 1.165) is 11.6 Å². The van der Waals surface area contributed by atoms with E-state index in [1.807, 2.05) is 46.9 Å². The van der Waals surface area contributed by atoms with Crippen LogP contribution in [0.5, 0.6) is 17.2 Å². The Morgan fingerprint density at radius 2 is 1.97 bits per heavy atom. The number of rotatable bonds is 7. The number of nitrogens with zero attached hydrogens (tertiary/aromatic N) is 3. The number of H-pyrrole nitrogens is 1. The number of fused-ring (bicyclic) bond motifs is 1. The predicted molar refractivity (Wildman–Crippen MR) is 138 cm³/mol. The topological polar surface area (TPSA) is 114 Å². The van der Waals surface area contributed by atoms with Crippen LogP contribution >= 0.6 is 22.6 Å². The van der Waals surface area contributed by atoms with Crippen molar-refractivity contribution in [1.29, 1.82) is 5.26 Å². The number of benzene rings is 3. The van der Waals surface area contributed by atoms with Crippen LogP contribution in [-0.4, -0.2) is 21.5 Å². The van der Waals surface area contributed by atoms with Crippen LogP contribution in [0.15, 0.2) is 54.6 Å². The van der Waals surface area contributed by atoms with Gasteiger partial charge in [0.2, 0.25) is 5.75 Å². The molecule has 0 aliphatic heterocycles. The molecule has 188 valence electrons. The highest BCUT2D eigenvalue weighted by Gasteiger charge is 2.33. The standard InChI is InChI=1S/C25H16F3IN4O4/c1-2-36-22-11-14(9-15(13-30)24-31-18-5-3-4-6-19(18)32-24)10-17(29)23(22)37-21-8-7-16(25(26,27)28)12-20(21)33(34)35/h3-12H,2H2,1H3,(H,31,32)/b15-9+. The highest BCUT2D eigenvalue weighted by molar-refractivity contribution is 14.1. The molecule has 4 aromatic rings. The lowest BCUT2D eigenvalue weighted by molar-refractivity contribution is -0.385. The molecule has 1 aromatic heterocycles. The summed E-state index contributed by atoms with van der Waals surface area (Å²) in [6, 6.07) is 14.7. The minimum absolute atomic E-state index is 0.0877. The molecule has 8 nitrogen and oxygen atoms in total. The van der Waals surface area contributed by atoms with Crippen molar-refractivity contribution < 1.29 is 27.6 Å². The van der Waals surface area contributed by atoms with E-state index in [-0.39, 0.29) is 29.4 Å². The molecule has 0 amide bonds. The number of nitro benzene ring substituents is 1. The Labute approximate surface area is 221 Å². The van der Waals surface area contributed by atoms with Crippen LogP contribution in [0.1, 0.15) is 23.9 Å². The molecule has 1 N–H and O–H groups in total. The number of alkyl halides is 3. The van der Waals surface area contributed by atoms with Gasteiger partial charge in [0.15, 0.2) is 11.5 Å².